The first-order valence-corrected chi connectivity index (χ1v) is 6.32. The molecule has 0 N–H and O–H groups in total. The fourth-order valence-electron chi connectivity index (χ4n) is 2.29. The molecular formula is C18H13N. The van der Waals surface area contributed by atoms with E-state index in [2.05, 4.69) is 54.6 Å². The zero-order valence-corrected chi connectivity index (χ0v) is 10.5. The summed E-state index contributed by atoms with van der Waals surface area (Å²) in [6.07, 6.45) is 8.55. The summed E-state index contributed by atoms with van der Waals surface area (Å²) in [6, 6.07) is 18.4. The van der Waals surface area contributed by atoms with Crippen LogP contribution >= 0.6 is 0 Å². The normalized spacial score (nSPS) is 13.6. The molecule has 0 radical (unpaired) electrons. The molecule has 2 aromatic rings. The molecule has 0 unspecified atom stereocenters. The van der Waals surface area contributed by atoms with Crippen molar-refractivity contribution in [1.29, 1.82) is 5.26 Å². The summed E-state index contributed by atoms with van der Waals surface area (Å²) in [7, 11) is 0. The standard InChI is InChI=1S/C18H13N/c19-13-14-5-7-16(8-6-14)18-11-9-17(10-12-18)15-3-1-2-4-15/h1-12,15H. The predicted molar refractivity (Wildman–Crippen MR) is 77.6 cm³/mol. The molecule has 0 bridgehead atoms. The van der Waals surface area contributed by atoms with Gasteiger partial charge in [-0.25, -0.2) is 0 Å². The average molecular weight is 243 g/mol. The molecule has 0 atom stereocenters. The topological polar surface area (TPSA) is 23.8 Å². The lowest BCUT2D eigenvalue weighted by Crippen LogP contribution is -1.88. The average Bonchev–Trinajstić information content (AvgIpc) is 3.02. The molecule has 0 fully saturated rings. The van der Waals surface area contributed by atoms with Gasteiger partial charge in [-0.3, -0.25) is 0 Å². The van der Waals surface area contributed by atoms with Gasteiger partial charge in [0.1, 0.15) is 0 Å². The molecule has 90 valence electrons. The maximum Gasteiger partial charge on any atom is 0.0991 e. The largest absolute Gasteiger partial charge is 0.192 e. The maximum absolute atomic E-state index is 8.79. The number of benzene rings is 2. The maximum atomic E-state index is 8.79. The van der Waals surface area contributed by atoms with Gasteiger partial charge in [-0.2, -0.15) is 5.26 Å². The first-order valence-electron chi connectivity index (χ1n) is 6.32. The Morgan fingerprint density at radius 3 is 1.79 bits per heavy atom. The second-order valence-corrected chi connectivity index (χ2v) is 4.61. The molecule has 0 spiro atoms. The van der Waals surface area contributed by atoms with Gasteiger partial charge in [-0.05, 0) is 28.8 Å². The van der Waals surface area contributed by atoms with E-state index in [4.69, 9.17) is 5.26 Å². The van der Waals surface area contributed by atoms with Gasteiger partial charge in [0, 0.05) is 5.92 Å². The molecule has 19 heavy (non-hydrogen) atoms. The quantitative estimate of drug-likeness (QED) is 0.765. The van der Waals surface area contributed by atoms with Crippen LogP contribution in [-0.4, -0.2) is 0 Å². The first kappa shape index (κ1) is 11.5. The molecule has 0 aliphatic heterocycles. The van der Waals surface area contributed by atoms with E-state index in [1.165, 1.54) is 11.1 Å². The summed E-state index contributed by atoms with van der Waals surface area (Å²) in [4.78, 5) is 0. The number of nitriles is 1. The van der Waals surface area contributed by atoms with Crippen LogP contribution < -0.4 is 0 Å². The van der Waals surface area contributed by atoms with Crippen LogP contribution in [0.5, 0.6) is 0 Å². The molecule has 0 amide bonds. The molecule has 2 aromatic carbocycles. The Hall–Kier alpha value is -2.59. The molecule has 1 nitrogen and oxygen atoms in total. The third-order valence-corrected chi connectivity index (χ3v) is 3.39. The minimum absolute atomic E-state index is 0.412. The summed E-state index contributed by atoms with van der Waals surface area (Å²) in [5.41, 5.74) is 4.33. The Morgan fingerprint density at radius 2 is 1.26 bits per heavy atom. The molecule has 3 rings (SSSR count). The van der Waals surface area contributed by atoms with E-state index in [1.807, 2.05) is 24.3 Å². The van der Waals surface area contributed by atoms with Crippen LogP contribution in [0.2, 0.25) is 0 Å². The van der Waals surface area contributed by atoms with Gasteiger partial charge in [-0.15, -0.1) is 0 Å². The molecule has 1 heteroatoms. The van der Waals surface area contributed by atoms with Gasteiger partial charge >= 0.3 is 0 Å². The summed E-state index contributed by atoms with van der Waals surface area (Å²) < 4.78 is 0. The van der Waals surface area contributed by atoms with E-state index >= 15 is 0 Å². The van der Waals surface area contributed by atoms with Crippen LogP contribution in [0.15, 0.2) is 72.8 Å². The molecule has 1 aliphatic carbocycles. The van der Waals surface area contributed by atoms with Crippen LogP contribution in [0.1, 0.15) is 17.0 Å². The van der Waals surface area contributed by atoms with E-state index in [0.717, 1.165) is 5.56 Å². The van der Waals surface area contributed by atoms with Crippen LogP contribution in [0, 0.1) is 11.3 Å². The summed E-state index contributed by atoms with van der Waals surface area (Å²) in [6.45, 7) is 0. The van der Waals surface area contributed by atoms with Crippen molar-refractivity contribution in [1.82, 2.24) is 0 Å². The fraction of sp³-hybridized carbons (Fsp3) is 0.0556. The van der Waals surface area contributed by atoms with Crippen molar-refractivity contribution in [2.45, 2.75) is 5.92 Å². The molecular weight excluding hydrogens is 230 g/mol. The van der Waals surface area contributed by atoms with Crippen LogP contribution in [-0.2, 0) is 0 Å². The zero-order valence-electron chi connectivity index (χ0n) is 10.5. The summed E-state index contributed by atoms with van der Waals surface area (Å²) in [5.74, 6) is 0.412. The molecule has 1 aliphatic rings. The zero-order chi connectivity index (χ0) is 13.1. The highest BCUT2D eigenvalue weighted by atomic mass is 14.2. The lowest BCUT2D eigenvalue weighted by Gasteiger charge is -2.07. The minimum Gasteiger partial charge on any atom is -0.192 e. The lowest BCUT2D eigenvalue weighted by atomic mass is 9.97. The van der Waals surface area contributed by atoms with Crippen molar-refractivity contribution in [3.05, 3.63) is 84.0 Å². The molecule has 0 saturated heterocycles. The van der Waals surface area contributed by atoms with E-state index in [0.29, 0.717) is 11.5 Å². The Labute approximate surface area is 113 Å². The van der Waals surface area contributed by atoms with Crippen molar-refractivity contribution >= 4 is 0 Å². The highest BCUT2D eigenvalue weighted by Crippen LogP contribution is 2.26. The van der Waals surface area contributed by atoms with Crippen molar-refractivity contribution in [3.63, 3.8) is 0 Å². The minimum atomic E-state index is 0.412. The van der Waals surface area contributed by atoms with E-state index < -0.39 is 0 Å². The lowest BCUT2D eigenvalue weighted by molar-refractivity contribution is 1.10. The van der Waals surface area contributed by atoms with E-state index in [-0.39, 0.29) is 0 Å². The predicted octanol–water partition coefficient (Wildman–Crippen LogP) is 4.43. The van der Waals surface area contributed by atoms with Gasteiger partial charge in [0.05, 0.1) is 11.6 Å². The van der Waals surface area contributed by atoms with E-state index in [1.54, 1.807) is 0 Å². The molecule has 0 aromatic heterocycles. The third-order valence-electron chi connectivity index (χ3n) is 3.39. The Kier molecular flexibility index (Phi) is 3.00. The van der Waals surface area contributed by atoms with Crippen molar-refractivity contribution in [2.24, 2.45) is 0 Å². The van der Waals surface area contributed by atoms with Crippen LogP contribution in [0.4, 0.5) is 0 Å². The molecule has 0 heterocycles. The smallest absolute Gasteiger partial charge is 0.0991 e. The first-order chi connectivity index (χ1) is 9.36. The highest BCUT2D eigenvalue weighted by Gasteiger charge is 2.06. The SMILES string of the molecule is N#Cc1ccc(-c2ccc(C3C=CC=C3)cc2)cc1. The highest BCUT2D eigenvalue weighted by molar-refractivity contribution is 5.64. The Balaban J connectivity index is 1.87. The second kappa shape index (κ2) is 4.96. The fourth-order valence-corrected chi connectivity index (χ4v) is 2.29. The second-order valence-electron chi connectivity index (χ2n) is 4.61. The summed E-state index contributed by atoms with van der Waals surface area (Å²) in [5, 5.41) is 8.79. The Bertz CT molecular complexity index is 655. The van der Waals surface area contributed by atoms with Gasteiger partial charge in [-0.1, -0.05) is 60.7 Å². The number of allylic oxidation sites excluding steroid dienone is 4. The van der Waals surface area contributed by atoms with Gasteiger partial charge < -0.3 is 0 Å². The van der Waals surface area contributed by atoms with Gasteiger partial charge in [0.2, 0.25) is 0 Å². The number of nitrogens with zero attached hydrogens (tertiary/aromatic N) is 1. The van der Waals surface area contributed by atoms with Crippen molar-refractivity contribution in [3.8, 4) is 17.2 Å². The number of rotatable bonds is 2. The van der Waals surface area contributed by atoms with Gasteiger partial charge in [0.25, 0.3) is 0 Å². The monoisotopic (exact) mass is 243 g/mol. The summed E-state index contributed by atoms with van der Waals surface area (Å²) >= 11 is 0. The van der Waals surface area contributed by atoms with Gasteiger partial charge in [0.15, 0.2) is 0 Å². The van der Waals surface area contributed by atoms with Crippen LogP contribution in [0.25, 0.3) is 11.1 Å². The Morgan fingerprint density at radius 1 is 0.737 bits per heavy atom. The molecule has 0 saturated carbocycles. The van der Waals surface area contributed by atoms with Crippen molar-refractivity contribution < 1.29 is 0 Å². The van der Waals surface area contributed by atoms with E-state index in [9.17, 15) is 0 Å². The number of hydrogen-bond acceptors (Lipinski definition) is 1. The van der Waals surface area contributed by atoms with Crippen molar-refractivity contribution in [2.75, 3.05) is 0 Å². The third kappa shape index (κ3) is 2.34. The van der Waals surface area contributed by atoms with Crippen LogP contribution in [0.3, 0.4) is 0 Å². The number of hydrogen-bond donors (Lipinski definition) is 0.